The van der Waals surface area contributed by atoms with Crippen molar-refractivity contribution in [3.05, 3.63) is 30.2 Å². The van der Waals surface area contributed by atoms with E-state index in [0.717, 1.165) is 14.2 Å². The lowest BCUT2D eigenvalue weighted by molar-refractivity contribution is -0.200. The summed E-state index contributed by atoms with van der Waals surface area (Å²) in [5.41, 5.74) is 3.80. The van der Waals surface area contributed by atoms with E-state index < -0.39 is 36.2 Å². The number of fused-ring (bicyclic) bond motifs is 4. The smallest absolute Gasteiger partial charge is 0.422 e. The number of aromatic nitrogens is 2. The van der Waals surface area contributed by atoms with E-state index in [-0.39, 0.29) is 23.4 Å². The number of esters is 1. The van der Waals surface area contributed by atoms with Crippen molar-refractivity contribution in [2.45, 2.75) is 43.4 Å². The summed E-state index contributed by atoms with van der Waals surface area (Å²) >= 11 is 0. The lowest BCUT2D eigenvalue weighted by atomic mass is 9.89. The third-order valence-electron chi connectivity index (χ3n) is 5.36. The number of H-pyrrole nitrogens is 1. The minimum Gasteiger partial charge on any atom is -0.467 e. The van der Waals surface area contributed by atoms with Gasteiger partial charge in [0.05, 0.1) is 26.0 Å². The normalized spacial score (nSPS) is 21.2. The van der Waals surface area contributed by atoms with Crippen molar-refractivity contribution in [1.82, 2.24) is 9.97 Å². The molecule has 2 atom stereocenters. The van der Waals surface area contributed by atoms with Crippen molar-refractivity contribution >= 4 is 23.4 Å². The van der Waals surface area contributed by atoms with Gasteiger partial charge in [0.25, 0.3) is 0 Å². The highest BCUT2D eigenvalue weighted by Crippen LogP contribution is 2.42. The number of carbonyl (C=O) groups excluding carboxylic acids is 2. The van der Waals surface area contributed by atoms with Gasteiger partial charge in [-0.1, -0.05) is 12.8 Å². The number of hydrogen-bond acceptors (Lipinski definition) is 7. The fraction of sp³-hybridized carbons (Fsp3) is 0.450. The Morgan fingerprint density at radius 1 is 1.25 bits per heavy atom. The molecule has 1 unspecified atom stereocenters. The number of halogens is 3. The third-order valence-corrected chi connectivity index (χ3v) is 5.36. The highest BCUT2D eigenvalue weighted by atomic mass is 19.4. The zero-order chi connectivity index (χ0) is 23.5. The molecule has 32 heavy (non-hydrogen) atoms. The van der Waals surface area contributed by atoms with Crippen molar-refractivity contribution in [3.8, 4) is 11.3 Å². The number of rotatable bonds is 2. The number of methoxy groups -OCH3 is 2. The molecule has 2 heterocycles. The van der Waals surface area contributed by atoms with E-state index >= 15 is 0 Å². The molecule has 9 nitrogen and oxygen atoms in total. The van der Waals surface area contributed by atoms with Gasteiger partial charge in [0, 0.05) is 23.1 Å². The van der Waals surface area contributed by atoms with Crippen LogP contribution in [0.2, 0.25) is 0 Å². The zero-order valence-corrected chi connectivity index (χ0v) is 17.5. The number of aromatic amines is 1. The molecule has 12 heteroatoms. The zero-order valence-electron chi connectivity index (χ0n) is 17.5. The number of amides is 1. The number of benzene rings is 1. The van der Waals surface area contributed by atoms with Gasteiger partial charge in [-0.15, -0.1) is 0 Å². The number of nitrogens with one attached hydrogen (secondary N) is 3. The van der Waals surface area contributed by atoms with Gasteiger partial charge < -0.3 is 25.5 Å². The first kappa shape index (κ1) is 23.4. The molecule has 2 bridgehead atoms. The summed E-state index contributed by atoms with van der Waals surface area (Å²) in [6, 6.07) is 3.72. The molecular weight excluding hydrogens is 431 g/mol. The molecule has 0 saturated heterocycles. The summed E-state index contributed by atoms with van der Waals surface area (Å²) in [6.45, 7) is 0. The Labute approximate surface area is 181 Å². The van der Waals surface area contributed by atoms with Crippen LogP contribution in [0.1, 0.15) is 37.5 Å². The van der Waals surface area contributed by atoms with E-state index in [4.69, 9.17) is 5.73 Å². The van der Waals surface area contributed by atoms with E-state index in [1.807, 2.05) is 0 Å². The molecule has 0 radical (unpaired) electrons. The molecule has 1 aliphatic heterocycles. The van der Waals surface area contributed by atoms with Gasteiger partial charge in [-0.05, 0) is 31.0 Å². The van der Waals surface area contributed by atoms with Crippen LogP contribution in [0.25, 0.3) is 11.3 Å². The predicted molar refractivity (Wildman–Crippen MR) is 110 cm³/mol. The maximum Gasteiger partial charge on any atom is 0.422 e. The number of carbonyl (C=O) groups is 2. The molecule has 1 aromatic carbocycles. The summed E-state index contributed by atoms with van der Waals surface area (Å²) in [4.78, 5) is 31.5. The standard InChI is InChI=1S/C20H24F3N5O4/c1-31-17(29)19(20(21,22)23)8-4-3-5-13(24)16-25-10-15(27-16)12-7-6-11(9-14(12)28-19)26-18(30)32-2/h6-7,9-10,13,28H,3-5,8,24H2,1-2H3,(H,25,27)(H,26,30)/t13-,19?/m0/s1. The Morgan fingerprint density at radius 3 is 2.66 bits per heavy atom. The highest BCUT2D eigenvalue weighted by Gasteiger charge is 2.61. The molecule has 2 aromatic rings. The van der Waals surface area contributed by atoms with Crippen LogP contribution in [0.4, 0.5) is 29.3 Å². The van der Waals surface area contributed by atoms with Gasteiger partial charge in [0.1, 0.15) is 5.82 Å². The van der Waals surface area contributed by atoms with Crippen LogP contribution < -0.4 is 16.4 Å². The number of ether oxygens (including phenoxy) is 2. The summed E-state index contributed by atoms with van der Waals surface area (Å²) in [6.07, 6.45) is -4.05. The molecule has 1 amide bonds. The molecule has 0 saturated carbocycles. The van der Waals surface area contributed by atoms with Crippen molar-refractivity contribution in [1.29, 1.82) is 0 Å². The number of hydrogen-bond donors (Lipinski definition) is 4. The van der Waals surface area contributed by atoms with E-state index in [1.165, 1.54) is 24.4 Å². The average Bonchev–Trinajstić information content (AvgIpc) is 3.23. The molecule has 0 aliphatic carbocycles. The Hall–Kier alpha value is -3.28. The lowest BCUT2D eigenvalue weighted by Gasteiger charge is -2.35. The SMILES string of the molecule is COC(=O)Nc1ccc2c(c1)NC(C(=O)OC)(C(F)(F)F)CCCC[C@H](N)c1nc-2c[nH]1. The molecule has 5 N–H and O–H groups in total. The largest absolute Gasteiger partial charge is 0.467 e. The molecule has 3 rings (SSSR count). The van der Waals surface area contributed by atoms with Gasteiger partial charge >= 0.3 is 18.2 Å². The molecular formula is C20H24F3N5O4. The first-order chi connectivity index (χ1) is 15.1. The number of nitrogens with zero attached hydrogens (tertiary/aromatic N) is 1. The second kappa shape index (κ2) is 9.07. The van der Waals surface area contributed by atoms with Crippen LogP contribution in [-0.4, -0.2) is 48.0 Å². The predicted octanol–water partition coefficient (Wildman–Crippen LogP) is 3.71. The second-order valence-corrected chi connectivity index (χ2v) is 7.42. The van der Waals surface area contributed by atoms with Crippen LogP contribution in [0.15, 0.2) is 24.4 Å². The third kappa shape index (κ3) is 4.49. The molecule has 1 aromatic heterocycles. The molecule has 1 aliphatic rings. The van der Waals surface area contributed by atoms with Crippen molar-refractivity contribution < 1.29 is 32.2 Å². The van der Waals surface area contributed by atoms with E-state index in [2.05, 4.69) is 30.1 Å². The van der Waals surface area contributed by atoms with E-state index in [9.17, 15) is 22.8 Å². The maximum atomic E-state index is 14.4. The fourth-order valence-corrected chi connectivity index (χ4v) is 3.62. The first-order valence-corrected chi connectivity index (χ1v) is 9.85. The Bertz CT molecular complexity index is 994. The molecule has 0 fully saturated rings. The molecule has 0 spiro atoms. The maximum absolute atomic E-state index is 14.4. The quantitative estimate of drug-likeness (QED) is 0.508. The summed E-state index contributed by atoms with van der Waals surface area (Å²) in [7, 11) is 2.06. The van der Waals surface area contributed by atoms with Gasteiger partial charge in [0.2, 0.25) is 5.54 Å². The van der Waals surface area contributed by atoms with Crippen LogP contribution in [0, 0.1) is 0 Å². The van der Waals surface area contributed by atoms with Gasteiger partial charge in [0.15, 0.2) is 0 Å². The number of alkyl halides is 3. The number of nitrogens with two attached hydrogens (primary N) is 1. The van der Waals surface area contributed by atoms with Crippen molar-refractivity contribution in [2.75, 3.05) is 24.9 Å². The monoisotopic (exact) mass is 455 g/mol. The number of anilines is 2. The van der Waals surface area contributed by atoms with Gasteiger partial charge in [-0.3, -0.25) is 5.32 Å². The van der Waals surface area contributed by atoms with Crippen LogP contribution in [-0.2, 0) is 14.3 Å². The topological polar surface area (TPSA) is 131 Å². The highest BCUT2D eigenvalue weighted by molar-refractivity contribution is 5.91. The summed E-state index contributed by atoms with van der Waals surface area (Å²) < 4.78 is 52.2. The average molecular weight is 455 g/mol. The minimum absolute atomic E-state index is 0.0539. The number of imidazole rings is 1. The van der Waals surface area contributed by atoms with Gasteiger partial charge in [-0.25, -0.2) is 14.6 Å². The Kier molecular flexibility index (Phi) is 6.63. The van der Waals surface area contributed by atoms with Crippen LogP contribution in [0.3, 0.4) is 0 Å². The summed E-state index contributed by atoms with van der Waals surface area (Å²) in [5.74, 6) is -0.968. The van der Waals surface area contributed by atoms with Crippen LogP contribution in [0.5, 0.6) is 0 Å². The second-order valence-electron chi connectivity index (χ2n) is 7.42. The minimum atomic E-state index is -4.98. The summed E-state index contributed by atoms with van der Waals surface area (Å²) in [5, 5.41) is 4.78. The Balaban J connectivity index is 2.20. The van der Waals surface area contributed by atoms with Crippen molar-refractivity contribution in [3.63, 3.8) is 0 Å². The lowest BCUT2D eigenvalue weighted by Crippen LogP contribution is -2.58. The first-order valence-electron chi connectivity index (χ1n) is 9.85. The van der Waals surface area contributed by atoms with Crippen molar-refractivity contribution in [2.24, 2.45) is 5.73 Å². The Morgan fingerprint density at radius 2 is 2.00 bits per heavy atom. The van der Waals surface area contributed by atoms with E-state index in [1.54, 1.807) is 0 Å². The molecule has 174 valence electrons. The fourth-order valence-electron chi connectivity index (χ4n) is 3.62. The van der Waals surface area contributed by atoms with Gasteiger partial charge in [-0.2, -0.15) is 13.2 Å². The van der Waals surface area contributed by atoms with E-state index in [0.29, 0.717) is 24.4 Å². The van der Waals surface area contributed by atoms with Crippen LogP contribution >= 0.6 is 0 Å².